The molecule has 0 atom stereocenters. The van der Waals surface area contributed by atoms with E-state index in [4.69, 9.17) is 5.73 Å². The lowest BCUT2D eigenvalue weighted by molar-refractivity contribution is 0.396. The first-order valence-electron chi connectivity index (χ1n) is 6.01. The highest BCUT2D eigenvalue weighted by molar-refractivity contribution is 4.94. The average molecular weight is 208 g/mol. The summed E-state index contributed by atoms with van der Waals surface area (Å²) in [5.74, 6) is 0. The first kappa shape index (κ1) is 10.6. The maximum absolute atomic E-state index is 5.50. The van der Waals surface area contributed by atoms with E-state index in [1.807, 2.05) is 0 Å². The van der Waals surface area contributed by atoms with Gasteiger partial charge in [0, 0.05) is 12.6 Å². The standard InChI is InChI=1S/C11H20N4/c12-8-7-10-9-15(14-13-10)11-5-3-1-2-4-6-11/h9,11H,1-8,12H2. The minimum Gasteiger partial charge on any atom is -0.330 e. The molecule has 0 aliphatic heterocycles. The summed E-state index contributed by atoms with van der Waals surface area (Å²) in [6.07, 6.45) is 10.8. The Hall–Kier alpha value is -0.900. The lowest BCUT2D eigenvalue weighted by atomic mass is 10.1. The van der Waals surface area contributed by atoms with Crippen LogP contribution >= 0.6 is 0 Å². The van der Waals surface area contributed by atoms with Crippen molar-refractivity contribution in [2.24, 2.45) is 5.73 Å². The van der Waals surface area contributed by atoms with Gasteiger partial charge in [0.05, 0.1) is 11.7 Å². The normalized spacial score (nSPS) is 19.0. The molecule has 0 spiro atoms. The first-order valence-corrected chi connectivity index (χ1v) is 6.01. The molecule has 1 fully saturated rings. The number of rotatable bonds is 3. The maximum atomic E-state index is 5.50. The summed E-state index contributed by atoms with van der Waals surface area (Å²) in [7, 11) is 0. The third-order valence-corrected chi connectivity index (χ3v) is 3.16. The molecule has 0 unspecified atom stereocenters. The van der Waals surface area contributed by atoms with Crippen LogP contribution in [0.4, 0.5) is 0 Å². The summed E-state index contributed by atoms with van der Waals surface area (Å²) in [6, 6.07) is 0.575. The number of nitrogens with zero attached hydrogens (tertiary/aromatic N) is 3. The number of hydrogen-bond donors (Lipinski definition) is 1. The second-order valence-corrected chi connectivity index (χ2v) is 4.37. The Morgan fingerprint density at radius 2 is 2.00 bits per heavy atom. The highest BCUT2D eigenvalue weighted by Crippen LogP contribution is 2.26. The van der Waals surface area contributed by atoms with E-state index >= 15 is 0 Å². The quantitative estimate of drug-likeness (QED) is 0.769. The van der Waals surface area contributed by atoms with Crippen molar-refractivity contribution in [3.05, 3.63) is 11.9 Å². The van der Waals surface area contributed by atoms with Gasteiger partial charge in [-0.15, -0.1) is 5.10 Å². The van der Waals surface area contributed by atoms with E-state index in [-0.39, 0.29) is 0 Å². The smallest absolute Gasteiger partial charge is 0.0839 e. The molecule has 0 aromatic carbocycles. The zero-order chi connectivity index (χ0) is 10.5. The third kappa shape index (κ3) is 2.78. The highest BCUT2D eigenvalue weighted by Gasteiger charge is 2.15. The predicted molar refractivity (Wildman–Crippen MR) is 59.5 cm³/mol. The van der Waals surface area contributed by atoms with Gasteiger partial charge in [0.2, 0.25) is 0 Å². The topological polar surface area (TPSA) is 56.7 Å². The summed E-state index contributed by atoms with van der Waals surface area (Å²) in [6.45, 7) is 0.656. The van der Waals surface area contributed by atoms with Gasteiger partial charge in [-0.1, -0.05) is 30.9 Å². The zero-order valence-corrected chi connectivity index (χ0v) is 9.23. The van der Waals surface area contributed by atoms with Gasteiger partial charge in [-0.05, 0) is 19.4 Å². The summed E-state index contributed by atoms with van der Waals surface area (Å²) in [5.41, 5.74) is 6.53. The molecule has 1 aliphatic rings. The van der Waals surface area contributed by atoms with Crippen molar-refractivity contribution >= 4 is 0 Å². The van der Waals surface area contributed by atoms with Crippen molar-refractivity contribution in [3.8, 4) is 0 Å². The molecule has 0 radical (unpaired) electrons. The highest BCUT2D eigenvalue weighted by atomic mass is 15.4. The Morgan fingerprint density at radius 1 is 1.27 bits per heavy atom. The summed E-state index contributed by atoms with van der Waals surface area (Å²) in [4.78, 5) is 0. The van der Waals surface area contributed by atoms with E-state index in [0.717, 1.165) is 12.1 Å². The fourth-order valence-electron chi connectivity index (χ4n) is 2.28. The van der Waals surface area contributed by atoms with Gasteiger partial charge in [0.1, 0.15) is 0 Å². The van der Waals surface area contributed by atoms with Gasteiger partial charge in [-0.25, -0.2) is 4.68 Å². The number of aromatic nitrogens is 3. The van der Waals surface area contributed by atoms with E-state index in [9.17, 15) is 0 Å². The second-order valence-electron chi connectivity index (χ2n) is 4.37. The Labute approximate surface area is 90.8 Å². The first-order chi connectivity index (χ1) is 7.40. The molecule has 0 bridgehead atoms. The third-order valence-electron chi connectivity index (χ3n) is 3.16. The van der Waals surface area contributed by atoms with Crippen molar-refractivity contribution < 1.29 is 0 Å². The van der Waals surface area contributed by atoms with Crippen molar-refractivity contribution in [1.82, 2.24) is 15.0 Å². The molecule has 0 saturated heterocycles. The van der Waals surface area contributed by atoms with Crippen LogP contribution in [-0.2, 0) is 6.42 Å². The van der Waals surface area contributed by atoms with Crippen molar-refractivity contribution in [3.63, 3.8) is 0 Å². The van der Waals surface area contributed by atoms with E-state index in [1.165, 1.54) is 38.5 Å². The van der Waals surface area contributed by atoms with Crippen LogP contribution in [0.15, 0.2) is 6.20 Å². The van der Waals surface area contributed by atoms with E-state index in [0.29, 0.717) is 12.6 Å². The SMILES string of the molecule is NCCc1cn(C2CCCCCC2)nn1. The van der Waals surface area contributed by atoms with Crippen molar-refractivity contribution in [1.29, 1.82) is 0 Å². The average Bonchev–Trinajstić information content (AvgIpc) is 2.53. The molecule has 1 heterocycles. The van der Waals surface area contributed by atoms with Crippen LogP contribution in [0.5, 0.6) is 0 Å². The van der Waals surface area contributed by atoms with Crippen molar-refractivity contribution in [2.45, 2.75) is 51.0 Å². The van der Waals surface area contributed by atoms with Gasteiger partial charge < -0.3 is 5.73 Å². The molecular weight excluding hydrogens is 188 g/mol. The molecule has 4 heteroatoms. The fourth-order valence-corrected chi connectivity index (χ4v) is 2.28. The van der Waals surface area contributed by atoms with Gasteiger partial charge in [-0.2, -0.15) is 0 Å². The maximum Gasteiger partial charge on any atom is 0.0839 e. The molecule has 15 heavy (non-hydrogen) atoms. The Balaban J connectivity index is 2.00. The molecule has 1 aliphatic carbocycles. The molecule has 1 aromatic heterocycles. The molecule has 1 saturated carbocycles. The second kappa shape index (κ2) is 5.26. The van der Waals surface area contributed by atoms with Crippen LogP contribution in [-0.4, -0.2) is 21.5 Å². The van der Waals surface area contributed by atoms with Gasteiger partial charge in [0.15, 0.2) is 0 Å². The Bertz CT molecular complexity index is 287. The molecule has 0 amide bonds. The van der Waals surface area contributed by atoms with Crippen LogP contribution in [0.2, 0.25) is 0 Å². The zero-order valence-electron chi connectivity index (χ0n) is 9.23. The molecule has 2 rings (SSSR count). The number of nitrogens with two attached hydrogens (primary N) is 1. The van der Waals surface area contributed by atoms with Crippen LogP contribution < -0.4 is 5.73 Å². The molecule has 84 valence electrons. The van der Waals surface area contributed by atoms with E-state index in [1.54, 1.807) is 0 Å². The van der Waals surface area contributed by atoms with E-state index in [2.05, 4.69) is 21.2 Å². The fraction of sp³-hybridized carbons (Fsp3) is 0.818. The molecule has 1 aromatic rings. The largest absolute Gasteiger partial charge is 0.330 e. The molecule has 2 N–H and O–H groups in total. The van der Waals surface area contributed by atoms with Gasteiger partial charge in [0.25, 0.3) is 0 Å². The lowest BCUT2D eigenvalue weighted by Crippen LogP contribution is -2.08. The van der Waals surface area contributed by atoms with Crippen molar-refractivity contribution in [2.75, 3.05) is 6.54 Å². The van der Waals surface area contributed by atoms with Crippen LogP contribution in [0, 0.1) is 0 Å². The summed E-state index contributed by atoms with van der Waals surface area (Å²) < 4.78 is 2.05. The Kier molecular flexibility index (Phi) is 3.72. The monoisotopic (exact) mass is 208 g/mol. The summed E-state index contributed by atoms with van der Waals surface area (Å²) in [5, 5.41) is 8.36. The molecule has 4 nitrogen and oxygen atoms in total. The van der Waals surface area contributed by atoms with Crippen LogP contribution in [0.3, 0.4) is 0 Å². The van der Waals surface area contributed by atoms with E-state index < -0.39 is 0 Å². The summed E-state index contributed by atoms with van der Waals surface area (Å²) >= 11 is 0. The molecular formula is C11H20N4. The Morgan fingerprint density at radius 3 is 2.67 bits per heavy atom. The van der Waals surface area contributed by atoms with Gasteiger partial charge in [-0.3, -0.25) is 0 Å². The van der Waals surface area contributed by atoms with Crippen LogP contribution in [0.25, 0.3) is 0 Å². The number of hydrogen-bond acceptors (Lipinski definition) is 3. The lowest BCUT2D eigenvalue weighted by Gasteiger charge is -2.12. The predicted octanol–water partition coefficient (Wildman–Crippen LogP) is 1.67. The minimum absolute atomic E-state index is 0.575. The van der Waals surface area contributed by atoms with Gasteiger partial charge >= 0.3 is 0 Å². The van der Waals surface area contributed by atoms with Crippen LogP contribution in [0.1, 0.15) is 50.3 Å². The minimum atomic E-state index is 0.575.